The highest BCUT2D eigenvalue weighted by atomic mass is 16.5. The number of hydrogen-bond acceptors (Lipinski definition) is 2. The Labute approximate surface area is 123 Å². The third-order valence-corrected chi connectivity index (χ3v) is 4.22. The molecule has 1 aliphatic rings. The Morgan fingerprint density at radius 3 is 2.85 bits per heavy atom. The lowest BCUT2D eigenvalue weighted by atomic mass is 9.96. The SMILES string of the molecule is CCCNC(CCC1Cc2cc(C)ccc2O1)C(C)C. The molecule has 0 bridgehead atoms. The molecular formula is C18H29NO. The molecule has 1 aliphatic heterocycles. The number of ether oxygens (including phenoxy) is 1. The average molecular weight is 275 g/mol. The summed E-state index contributed by atoms with van der Waals surface area (Å²) >= 11 is 0. The van der Waals surface area contributed by atoms with Crippen molar-refractivity contribution in [2.75, 3.05) is 6.54 Å². The first kappa shape index (κ1) is 15.4. The molecule has 1 N–H and O–H groups in total. The second kappa shape index (κ2) is 7.12. The number of rotatable bonds is 7. The van der Waals surface area contributed by atoms with Gasteiger partial charge in [0.1, 0.15) is 11.9 Å². The van der Waals surface area contributed by atoms with Crippen LogP contribution in [0.5, 0.6) is 5.75 Å². The van der Waals surface area contributed by atoms with Gasteiger partial charge in [-0.15, -0.1) is 0 Å². The highest BCUT2D eigenvalue weighted by Crippen LogP contribution is 2.31. The Hall–Kier alpha value is -1.02. The van der Waals surface area contributed by atoms with E-state index >= 15 is 0 Å². The molecule has 2 unspecified atom stereocenters. The maximum Gasteiger partial charge on any atom is 0.123 e. The molecule has 1 aromatic carbocycles. The average Bonchev–Trinajstić information content (AvgIpc) is 2.80. The number of benzene rings is 1. The van der Waals surface area contributed by atoms with Gasteiger partial charge in [0.2, 0.25) is 0 Å². The number of nitrogens with one attached hydrogen (secondary N) is 1. The first-order valence-electron chi connectivity index (χ1n) is 8.09. The van der Waals surface area contributed by atoms with Crippen LogP contribution < -0.4 is 10.1 Å². The molecule has 0 aromatic heterocycles. The van der Waals surface area contributed by atoms with Crippen LogP contribution in [0.2, 0.25) is 0 Å². The summed E-state index contributed by atoms with van der Waals surface area (Å²) in [6.45, 7) is 10.1. The molecule has 0 amide bonds. The van der Waals surface area contributed by atoms with Crippen LogP contribution in [0.1, 0.15) is 51.2 Å². The van der Waals surface area contributed by atoms with Crippen LogP contribution in [0.3, 0.4) is 0 Å². The lowest BCUT2D eigenvalue weighted by molar-refractivity contribution is 0.204. The molecule has 0 saturated carbocycles. The van der Waals surface area contributed by atoms with Gasteiger partial charge in [-0.1, -0.05) is 38.5 Å². The van der Waals surface area contributed by atoms with Crippen molar-refractivity contribution in [1.29, 1.82) is 0 Å². The predicted octanol–water partition coefficient (Wildman–Crippen LogP) is 4.10. The Balaban J connectivity index is 1.83. The summed E-state index contributed by atoms with van der Waals surface area (Å²) in [5.41, 5.74) is 2.72. The summed E-state index contributed by atoms with van der Waals surface area (Å²) in [5, 5.41) is 3.67. The van der Waals surface area contributed by atoms with Gasteiger partial charge in [-0.05, 0) is 50.3 Å². The van der Waals surface area contributed by atoms with E-state index in [0.717, 1.165) is 25.1 Å². The summed E-state index contributed by atoms with van der Waals surface area (Å²) in [7, 11) is 0. The molecule has 0 spiro atoms. The highest BCUT2D eigenvalue weighted by Gasteiger charge is 2.24. The van der Waals surface area contributed by atoms with Gasteiger partial charge in [-0.25, -0.2) is 0 Å². The summed E-state index contributed by atoms with van der Waals surface area (Å²) in [4.78, 5) is 0. The largest absolute Gasteiger partial charge is 0.490 e. The quantitative estimate of drug-likeness (QED) is 0.809. The summed E-state index contributed by atoms with van der Waals surface area (Å²) in [5.74, 6) is 1.79. The van der Waals surface area contributed by atoms with Crippen LogP contribution in [-0.4, -0.2) is 18.7 Å². The Morgan fingerprint density at radius 2 is 2.15 bits per heavy atom. The van der Waals surface area contributed by atoms with E-state index < -0.39 is 0 Å². The molecule has 0 saturated heterocycles. The molecule has 0 aliphatic carbocycles. The van der Waals surface area contributed by atoms with E-state index in [-0.39, 0.29) is 0 Å². The van der Waals surface area contributed by atoms with Crippen molar-refractivity contribution in [3.8, 4) is 5.75 Å². The fourth-order valence-electron chi connectivity index (χ4n) is 2.98. The molecule has 1 aromatic rings. The van der Waals surface area contributed by atoms with Gasteiger partial charge in [0, 0.05) is 12.5 Å². The topological polar surface area (TPSA) is 21.3 Å². The molecule has 0 radical (unpaired) electrons. The van der Waals surface area contributed by atoms with E-state index in [1.165, 1.54) is 24.0 Å². The first-order chi connectivity index (χ1) is 9.60. The van der Waals surface area contributed by atoms with Crippen LogP contribution in [-0.2, 0) is 6.42 Å². The van der Waals surface area contributed by atoms with E-state index in [1.54, 1.807) is 0 Å². The van der Waals surface area contributed by atoms with E-state index in [2.05, 4.69) is 51.2 Å². The standard InChI is InChI=1S/C18H29NO/c1-5-10-19-17(13(2)3)8-7-16-12-15-11-14(4)6-9-18(15)20-16/h6,9,11,13,16-17,19H,5,7-8,10,12H2,1-4H3. The van der Waals surface area contributed by atoms with Crippen LogP contribution in [0.15, 0.2) is 18.2 Å². The molecule has 2 rings (SSSR count). The van der Waals surface area contributed by atoms with Crippen molar-refractivity contribution in [3.63, 3.8) is 0 Å². The van der Waals surface area contributed by atoms with Crippen LogP contribution >= 0.6 is 0 Å². The van der Waals surface area contributed by atoms with E-state index in [4.69, 9.17) is 4.74 Å². The fourth-order valence-corrected chi connectivity index (χ4v) is 2.98. The smallest absolute Gasteiger partial charge is 0.123 e. The lowest BCUT2D eigenvalue weighted by Crippen LogP contribution is -2.35. The van der Waals surface area contributed by atoms with Crippen molar-refractivity contribution < 1.29 is 4.74 Å². The third-order valence-electron chi connectivity index (χ3n) is 4.22. The van der Waals surface area contributed by atoms with Gasteiger partial charge in [-0.3, -0.25) is 0 Å². The van der Waals surface area contributed by atoms with Gasteiger partial charge in [-0.2, -0.15) is 0 Å². The zero-order chi connectivity index (χ0) is 14.5. The zero-order valence-corrected chi connectivity index (χ0v) is 13.4. The van der Waals surface area contributed by atoms with Crippen molar-refractivity contribution in [2.24, 2.45) is 5.92 Å². The van der Waals surface area contributed by atoms with Crippen LogP contribution in [0.4, 0.5) is 0 Å². The summed E-state index contributed by atoms with van der Waals surface area (Å²) in [6, 6.07) is 7.15. The van der Waals surface area contributed by atoms with Crippen LogP contribution in [0.25, 0.3) is 0 Å². The normalized spacial score (nSPS) is 18.9. The van der Waals surface area contributed by atoms with Crippen molar-refractivity contribution in [1.82, 2.24) is 5.32 Å². The maximum absolute atomic E-state index is 6.07. The van der Waals surface area contributed by atoms with Gasteiger partial charge in [0.05, 0.1) is 0 Å². The molecule has 2 nitrogen and oxygen atoms in total. The van der Waals surface area contributed by atoms with E-state index in [9.17, 15) is 0 Å². The Morgan fingerprint density at radius 1 is 1.35 bits per heavy atom. The first-order valence-corrected chi connectivity index (χ1v) is 8.09. The molecule has 2 atom stereocenters. The van der Waals surface area contributed by atoms with E-state index in [1.807, 2.05) is 0 Å². The van der Waals surface area contributed by atoms with Gasteiger partial charge in [0.15, 0.2) is 0 Å². The van der Waals surface area contributed by atoms with Crippen molar-refractivity contribution in [2.45, 2.75) is 65.5 Å². The molecule has 112 valence electrons. The van der Waals surface area contributed by atoms with Gasteiger partial charge in [0.25, 0.3) is 0 Å². The lowest BCUT2D eigenvalue weighted by Gasteiger charge is -2.23. The minimum absolute atomic E-state index is 0.372. The Bertz CT molecular complexity index is 427. The zero-order valence-electron chi connectivity index (χ0n) is 13.4. The minimum Gasteiger partial charge on any atom is -0.490 e. The van der Waals surface area contributed by atoms with Crippen molar-refractivity contribution in [3.05, 3.63) is 29.3 Å². The highest BCUT2D eigenvalue weighted by molar-refractivity contribution is 5.40. The number of fused-ring (bicyclic) bond motifs is 1. The second-order valence-corrected chi connectivity index (χ2v) is 6.44. The number of hydrogen-bond donors (Lipinski definition) is 1. The molecule has 2 heteroatoms. The molecular weight excluding hydrogens is 246 g/mol. The summed E-state index contributed by atoms with van der Waals surface area (Å²) in [6.07, 6.45) is 5.00. The number of aryl methyl sites for hydroxylation is 1. The van der Waals surface area contributed by atoms with Crippen LogP contribution in [0, 0.1) is 12.8 Å². The minimum atomic E-state index is 0.372. The second-order valence-electron chi connectivity index (χ2n) is 6.44. The fraction of sp³-hybridized carbons (Fsp3) is 0.667. The Kier molecular flexibility index (Phi) is 5.47. The molecule has 20 heavy (non-hydrogen) atoms. The third kappa shape index (κ3) is 3.99. The summed E-state index contributed by atoms with van der Waals surface area (Å²) < 4.78 is 6.07. The predicted molar refractivity (Wildman–Crippen MR) is 85.5 cm³/mol. The van der Waals surface area contributed by atoms with Gasteiger partial charge < -0.3 is 10.1 Å². The van der Waals surface area contributed by atoms with Gasteiger partial charge >= 0.3 is 0 Å². The molecule has 1 heterocycles. The van der Waals surface area contributed by atoms with E-state index in [0.29, 0.717) is 18.1 Å². The van der Waals surface area contributed by atoms with Crippen molar-refractivity contribution >= 4 is 0 Å². The molecule has 0 fully saturated rings. The monoisotopic (exact) mass is 275 g/mol. The maximum atomic E-state index is 6.07.